The van der Waals surface area contributed by atoms with Gasteiger partial charge in [0, 0.05) is 64.9 Å². The number of esters is 1. The van der Waals surface area contributed by atoms with E-state index in [9.17, 15) is 14.4 Å². The first-order valence-corrected chi connectivity index (χ1v) is 39.8. The predicted molar refractivity (Wildman–Crippen MR) is 381 cm³/mol. The number of benzene rings is 2. The van der Waals surface area contributed by atoms with Crippen molar-refractivity contribution >= 4 is 67.2 Å². The molecule has 4 saturated heterocycles. The van der Waals surface area contributed by atoms with Gasteiger partial charge in [0.05, 0.1) is 67.5 Å². The zero-order valence-corrected chi connectivity index (χ0v) is 62.5. The van der Waals surface area contributed by atoms with Gasteiger partial charge in [-0.2, -0.15) is 0 Å². The fourth-order valence-corrected chi connectivity index (χ4v) is 20.3. The molecular weight excluding hydrogens is 1300 g/mol. The number of rotatable bonds is 21. The second kappa shape index (κ2) is 33.7. The van der Waals surface area contributed by atoms with Gasteiger partial charge in [0.25, 0.3) is 8.32 Å². The van der Waals surface area contributed by atoms with Crippen LogP contribution in [0, 0.1) is 11.8 Å². The average molecular weight is 1410 g/mol. The molecule has 6 heterocycles. The Morgan fingerprint density at radius 3 is 2.16 bits per heavy atom. The van der Waals surface area contributed by atoms with Crippen LogP contribution in [0.5, 0.6) is 0 Å². The number of hydrogen-bond acceptors (Lipinski definition) is 15. The van der Waals surface area contributed by atoms with E-state index in [-0.39, 0.29) is 71.4 Å². The molecule has 5 aliphatic heterocycles. The van der Waals surface area contributed by atoms with Crippen LogP contribution in [0.1, 0.15) is 158 Å². The Balaban J connectivity index is 1.03. The normalized spacial score (nSPS) is 30.4. The van der Waals surface area contributed by atoms with Crippen molar-refractivity contribution in [2.75, 3.05) is 21.3 Å². The van der Waals surface area contributed by atoms with Gasteiger partial charge in [-0.25, -0.2) is 9.78 Å². The number of oxazole rings is 1. The molecule has 3 aromatic rings. The van der Waals surface area contributed by atoms with Crippen LogP contribution >= 0.6 is 15.9 Å². The number of allylic oxidation sites excluding steroid dienone is 2. The molecule has 0 radical (unpaired) electrons. The highest BCUT2D eigenvalue weighted by atomic mass is 79.9. The molecule has 0 unspecified atom stereocenters. The first-order chi connectivity index (χ1) is 45.1. The van der Waals surface area contributed by atoms with Crippen LogP contribution in [-0.4, -0.2) is 140 Å². The van der Waals surface area contributed by atoms with E-state index >= 15 is 0 Å². The predicted octanol–water partition coefficient (Wildman–Crippen LogP) is 14.4. The van der Waals surface area contributed by atoms with Crippen LogP contribution in [0.15, 0.2) is 148 Å². The quantitative estimate of drug-likeness (QED) is 0.0349. The fourth-order valence-electron chi connectivity index (χ4n) is 14.1. The van der Waals surface area contributed by atoms with Crippen molar-refractivity contribution in [1.29, 1.82) is 0 Å². The molecule has 16 nitrogen and oxygen atoms in total. The Bertz CT molecular complexity index is 3170. The van der Waals surface area contributed by atoms with E-state index in [1.54, 1.807) is 26.6 Å². The van der Waals surface area contributed by atoms with E-state index in [1.807, 2.05) is 69.1 Å². The summed E-state index contributed by atoms with van der Waals surface area (Å²) in [6, 6.07) is 20.4. The topological polar surface area (TPSA) is 182 Å². The molecule has 1 aromatic heterocycles. The number of fused-ring (bicyclic) bond motifs is 9. The summed E-state index contributed by atoms with van der Waals surface area (Å²) in [5.74, 6) is -2.61. The Morgan fingerprint density at radius 1 is 0.842 bits per heavy atom. The smallest absolute Gasteiger partial charge is 0.330 e. The summed E-state index contributed by atoms with van der Waals surface area (Å²) in [7, 11) is -0.520. The monoisotopic (exact) mass is 1410 g/mol. The van der Waals surface area contributed by atoms with Crippen molar-refractivity contribution < 1.29 is 65.5 Å². The maximum Gasteiger partial charge on any atom is 0.330 e. The number of carbonyl (C=O) groups excluding carboxylic acids is 3. The van der Waals surface area contributed by atoms with Crippen molar-refractivity contribution in [2.45, 2.75) is 248 Å². The summed E-state index contributed by atoms with van der Waals surface area (Å²) in [4.78, 5) is 48.5. The van der Waals surface area contributed by atoms with E-state index < -0.39 is 77.0 Å². The van der Waals surface area contributed by atoms with Crippen LogP contribution < -0.4 is 15.7 Å². The van der Waals surface area contributed by atoms with Crippen LogP contribution in [0.3, 0.4) is 0 Å². The van der Waals surface area contributed by atoms with Crippen molar-refractivity contribution in [1.82, 2.24) is 10.3 Å². The summed E-state index contributed by atoms with van der Waals surface area (Å²) in [6.07, 6.45) is 20.2. The van der Waals surface area contributed by atoms with Crippen LogP contribution in [-0.2, 0) is 61.1 Å². The Labute approximate surface area is 576 Å². The maximum absolute atomic E-state index is 14.4. The standard InChI is InChI=1S/C76H107BrN2O14Si2/c1-50(35-36-56(83-12)27-25-37-77)40-68(93-94(15,16)74(6,7)8)67-45-61(84-13)46-76(85-14,91-67)47-69(81)78-55(48-80)41-52(3)72-54(5)73-53(4)65(89-72)32-24-33-70-79-64(49-86-70)66-44-60(43-59(88-66)42-58-39-51(2)38-57(87-58)26-23-34-71(82)90-73)92-95(75(9,10)11,62-28-19-17-20-29-62)63-30-21-18-22-31-63/h17-25,28-31,33-37,40-41,48-49,53-61,65-68,72-73H,2,26-27,32,38-39,42-47H2,1,3-16H3,(H,78,81)/b33-24+,34-23-,36-35+,37-25+,50-40+,52-41+/t53-,54-,55+,56+,57-,58+,59+,60+,61+,65+,66+,67+,68+,72-,73-,76-/m0/s1. The van der Waals surface area contributed by atoms with Crippen molar-refractivity contribution in [3.8, 4) is 0 Å². The summed E-state index contributed by atoms with van der Waals surface area (Å²) in [5, 5.41) is 5.00. The van der Waals surface area contributed by atoms with Crippen LogP contribution in [0.2, 0.25) is 23.2 Å². The highest BCUT2D eigenvalue weighted by molar-refractivity contribution is 9.11. The lowest BCUT2D eigenvalue weighted by atomic mass is 9.79. The number of aromatic nitrogens is 1. The molecule has 95 heavy (non-hydrogen) atoms. The lowest BCUT2D eigenvalue weighted by molar-refractivity contribution is -0.295. The molecule has 4 fully saturated rings. The molecule has 8 rings (SSSR count). The lowest BCUT2D eigenvalue weighted by Gasteiger charge is -2.47. The average Bonchev–Trinajstić information content (AvgIpc) is 0.774. The molecule has 2 aromatic carbocycles. The molecule has 0 spiro atoms. The zero-order chi connectivity index (χ0) is 68.9. The van der Waals surface area contributed by atoms with Gasteiger partial charge in [-0.05, 0) is 103 Å². The minimum atomic E-state index is -2.97. The molecule has 19 heteroatoms. The van der Waals surface area contributed by atoms with E-state index in [1.165, 1.54) is 23.6 Å². The second-order valence-electron chi connectivity index (χ2n) is 29.4. The first kappa shape index (κ1) is 75.8. The summed E-state index contributed by atoms with van der Waals surface area (Å²) < 4.78 is 73.4. The molecule has 5 aliphatic rings. The van der Waals surface area contributed by atoms with Gasteiger partial charge in [0.1, 0.15) is 36.5 Å². The van der Waals surface area contributed by atoms with Crippen molar-refractivity contribution in [3.63, 3.8) is 0 Å². The minimum absolute atomic E-state index is 0.123. The maximum atomic E-state index is 14.4. The Kier molecular flexibility index (Phi) is 26.9. The Morgan fingerprint density at radius 2 is 1.53 bits per heavy atom. The summed E-state index contributed by atoms with van der Waals surface area (Å²) in [6.45, 7) is 30.3. The van der Waals surface area contributed by atoms with Gasteiger partial charge in [-0.1, -0.05) is 192 Å². The number of carbonyl (C=O) groups is 3. The van der Waals surface area contributed by atoms with Gasteiger partial charge >= 0.3 is 5.97 Å². The van der Waals surface area contributed by atoms with Crippen LogP contribution in [0.25, 0.3) is 6.08 Å². The molecule has 8 bridgehead atoms. The third-order valence-corrected chi connectivity index (χ3v) is 30.1. The number of nitrogens with one attached hydrogen (secondary N) is 1. The van der Waals surface area contributed by atoms with Gasteiger partial charge in [-0.15, -0.1) is 0 Å². The molecule has 0 aliphatic carbocycles. The molecule has 0 saturated carbocycles. The lowest BCUT2D eigenvalue weighted by Crippen LogP contribution is -2.68. The van der Waals surface area contributed by atoms with Crippen molar-refractivity contribution in [2.24, 2.45) is 11.8 Å². The highest BCUT2D eigenvalue weighted by Crippen LogP contribution is 2.45. The van der Waals surface area contributed by atoms with Gasteiger partial charge < -0.3 is 61.3 Å². The number of aldehydes is 1. The molecular formula is C76H107BrN2O14Si2. The number of hydrogen-bond donors (Lipinski definition) is 1. The van der Waals surface area contributed by atoms with E-state index in [0.717, 1.165) is 11.1 Å². The van der Waals surface area contributed by atoms with E-state index in [4.69, 9.17) is 56.1 Å². The number of ether oxygens (including phenoxy) is 8. The number of amides is 1. The number of methoxy groups -OCH3 is 3. The third-order valence-electron chi connectivity index (χ3n) is 20.2. The largest absolute Gasteiger partial charge is 0.458 e. The number of nitrogens with zero attached hydrogens (tertiary/aromatic N) is 1. The van der Waals surface area contributed by atoms with Gasteiger partial charge in [0.15, 0.2) is 14.1 Å². The van der Waals surface area contributed by atoms with E-state index in [0.29, 0.717) is 81.2 Å². The van der Waals surface area contributed by atoms with E-state index in [2.05, 4.69) is 149 Å². The first-order valence-electron chi connectivity index (χ1n) is 34.0. The van der Waals surface area contributed by atoms with Crippen LogP contribution in [0.4, 0.5) is 0 Å². The fraction of sp³-hybridized carbons (Fsp3) is 0.579. The summed E-state index contributed by atoms with van der Waals surface area (Å²) >= 11 is 3.36. The Hall–Kier alpha value is -5.01. The number of halogens is 1. The van der Waals surface area contributed by atoms with Gasteiger partial charge in [-0.3, -0.25) is 4.79 Å². The molecule has 520 valence electrons. The minimum Gasteiger partial charge on any atom is -0.458 e. The third kappa shape index (κ3) is 19.7. The SMILES string of the molecule is C=C1C[C@@H]2C[C@@H]3C[C@@H](O[Si](c4ccccc4)(c4ccccc4)C(C)(C)C)C[C@@H](O3)c3coc(n3)/C=C/C[C@H]3O[C@@H](/C(C)=C/[C@H](C=O)NC(=O)C[C@]4(OC)C[C@H](OC)C[C@H]([C@@H](/C=C(C)/C=C/[C@@H](C/C=C/Br)OC)O[Si](C)(C)C(C)(C)C)O4)[C@H](C)[C@@H](OC(=O)/C=C\C[C@@H](C1)O2)[C@H]3C. The molecule has 1 N–H and O–H groups in total. The van der Waals surface area contributed by atoms with Crippen molar-refractivity contribution in [3.05, 3.63) is 155 Å². The molecule has 1 amide bonds. The second-order valence-corrected chi connectivity index (χ2v) is 38.9. The summed E-state index contributed by atoms with van der Waals surface area (Å²) in [5.41, 5.74) is 3.40. The highest BCUT2D eigenvalue weighted by Gasteiger charge is 2.54. The van der Waals surface area contributed by atoms with Gasteiger partial charge in [0.2, 0.25) is 11.8 Å². The zero-order valence-electron chi connectivity index (χ0n) is 58.9. The molecule has 16 atom stereocenters.